The number of carboxylic acid groups (broad SMARTS) is 1. The molecule has 1 aromatic carbocycles. The van der Waals surface area contributed by atoms with Crippen LogP contribution >= 0.6 is 0 Å². The number of aliphatic carboxylic acids is 1. The number of esters is 1. The molecule has 0 bridgehead atoms. The summed E-state index contributed by atoms with van der Waals surface area (Å²) < 4.78 is 5.15. The average Bonchev–Trinajstić information content (AvgIpc) is 2.53. The van der Waals surface area contributed by atoms with E-state index in [1.807, 2.05) is 12.1 Å². The molecule has 1 N–H and O–H groups in total. The van der Waals surface area contributed by atoms with Crippen LogP contribution in [-0.2, 0) is 20.8 Å². The van der Waals surface area contributed by atoms with Gasteiger partial charge in [-0.2, -0.15) is 0 Å². The van der Waals surface area contributed by atoms with Gasteiger partial charge in [0.05, 0.1) is 5.41 Å². The van der Waals surface area contributed by atoms with Crippen LogP contribution in [0.25, 0.3) is 0 Å². The van der Waals surface area contributed by atoms with Gasteiger partial charge in [-0.05, 0) is 67.7 Å². The Labute approximate surface area is 141 Å². The summed E-state index contributed by atoms with van der Waals surface area (Å²) in [5.41, 5.74) is 1.33. The van der Waals surface area contributed by atoms with E-state index in [-0.39, 0.29) is 17.8 Å². The quantitative estimate of drug-likeness (QED) is 0.523. The lowest BCUT2D eigenvalue weighted by Gasteiger charge is -2.47. The normalized spacial score (nSPS) is 31.5. The molecule has 0 heterocycles. The highest BCUT2D eigenvalue weighted by molar-refractivity contribution is 5.79. The molecule has 0 saturated heterocycles. The minimum Gasteiger partial charge on any atom is -0.481 e. The Morgan fingerprint density at radius 2 is 2.08 bits per heavy atom. The van der Waals surface area contributed by atoms with Gasteiger partial charge < -0.3 is 14.6 Å². The van der Waals surface area contributed by atoms with Crippen molar-refractivity contribution in [3.05, 3.63) is 29.3 Å². The maximum Gasteiger partial charge on any atom is 0.310 e. The Morgan fingerprint density at radius 3 is 2.71 bits per heavy atom. The summed E-state index contributed by atoms with van der Waals surface area (Å²) in [6.45, 7) is 3.07. The molecule has 2 aliphatic rings. The van der Waals surface area contributed by atoms with Crippen LogP contribution < -0.4 is 4.74 Å². The molecule has 4 atom stereocenters. The van der Waals surface area contributed by atoms with E-state index in [4.69, 9.17) is 4.74 Å². The zero-order valence-electron chi connectivity index (χ0n) is 14.0. The second-order valence-corrected chi connectivity index (χ2v) is 7.19. The Balaban J connectivity index is 1.93. The topological polar surface area (TPSA) is 80.7 Å². The molecule has 0 spiro atoms. The molecule has 2 aliphatic carbocycles. The fourth-order valence-electron chi connectivity index (χ4n) is 4.54. The van der Waals surface area contributed by atoms with E-state index in [0.29, 0.717) is 12.2 Å². The smallest absolute Gasteiger partial charge is 0.310 e. The number of ether oxygens (including phenoxy) is 1. The first kappa shape index (κ1) is 16.7. The van der Waals surface area contributed by atoms with Gasteiger partial charge in [-0.25, -0.2) is 0 Å². The summed E-state index contributed by atoms with van der Waals surface area (Å²) in [7, 11) is 0. The molecule has 0 aromatic heterocycles. The summed E-state index contributed by atoms with van der Waals surface area (Å²) in [6, 6.07) is 5.65. The molecule has 128 valence electrons. The van der Waals surface area contributed by atoms with Gasteiger partial charge in [0.1, 0.15) is 12.0 Å². The van der Waals surface area contributed by atoms with Crippen molar-refractivity contribution >= 4 is 18.2 Å². The van der Waals surface area contributed by atoms with Crippen LogP contribution in [0.1, 0.15) is 50.2 Å². The molecule has 24 heavy (non-hydrogen) atoms. The third-order valence-electron chi connectivity index (χ3n) is 5.85. The van der Waals surface area contributed by atoms with Crippen molar-refractivity contribution in [3.63, 3.8) is 0 Å². The fraction of sp³-hybridized carbons (Fsp3) is 0.526. The standard InChI is InChI=1S/C19H22O5/c1-11(21)24-13-4-6-14-12(9-13)3-5-16-15(14)7-8-19(2,18(22)23)17(16)10-20/h4,6,9-10,15-17H,3,5,7-8H2,1-2H3,(H,22,23)/t15-,16-,17+,19-/m1/s1. The molecule has 5 nitrogen and oxygen atoms in total. The lowest BCUT2D eigenvalue weighted by molar-refractivity contribution is -0.158. The van der Waals surface area contributed by atoms with E-state index in [0.717, 1.165) is 31.1 Å². The van der Waals surface area contributed by atoms with Crippen LogP contribution in [0.5, 0.6) is 5.75 Å². The number of carbonyl (C=O) groups is 3. The Hall–Kier alpha value is -2.17. The minimum atomic E-state index is -0.974. The first-order valence-corrected chi connectivity index (χ1v) is 8.36. The predicted molar refractivity (Wildman–Crippen MR) is 86.8 cm³/mol. The van der Waals surface area contributed by atoms with E-state index in [9.17, 15) is 19.5 Å². The number of carbonyl (C=O) groups excluding carboxylic acids is 2. The summed E-state index contributed by atoms with van der Waals surface area (Å²) in [6.07, 6.45) is 3.66. The van der Waals surface area contributed by atoms with Crippen LogP contribution in [0.15, 0.2) is 18.2 Å². The van der Waals surface area contributed by atoms with Crippen molar-refractivity contribution in [3.8, 4) is 5.75 Å². The summed E-state index contributed by atoms with van der Waals surface area (Å²) in [5.74, 6) is -0.895. The molecular formula is C19H22O5. The van der Waals surface area contributed by atoms with E-state index >= 15 is 0 Å². The van der Waals surface area contributed by atoms with Gasteiger partial charge in [0, 0.05) is 12.8 Å². The number of fused-ring (bicyclic) bond motifs is 3. The molecule has 1 fully saturated rings. The monoisotopic (exact) mass is 330 g/mol. The summed E-state index contributed by atoms with van der Waals surface area (Å²) in [5, 5.41) is 9.60. The van der Waals surface area contributed by atoms with Gasteiger partial charge in [0.15, 0.2) is 0 Å². The highest BCUT2D eigenvalue weighted by atomic mass is 16.5. The van der Waals surface area contributed by atoms with E-state index < -0.39 is 17.3 Å². The second-order valence-electron chi connectivity index (χ2n) is 7.19. The van der Waals surface area contributed by atoms with Crippen molar-refractivity contribution in [1.82, 2.24) is 0 Å². The number of benzene rings is 1. The van der Waals surface area contributed by atoms with Crippen molar-refractivity contribution in [2.24, 2.45) is 17.3 Å². The fourth-order valence-corrected chi connectivity index (χ4v) is 4.54. The highest BCUT2D eigenvalue weighted by Gasteiger charge is 2.52. The molecule has 1 aromatic rings. The zero-order chi connectivity index (χ0) is 17.5. The van der Waals surface area contributed by atoms with E-state index in [1.165, 1.54) is 12.5 Å². The maximum atomic E-state index is 11.7. The van der Waals surface area contributed by atoms with Crippen LogP contribution in [0.3, 0.4) is 0 Å². The lowest BCUT2D eigenvalue weighted by atomic mass is 9.55. The first-order chi connectivity index (χ1) is 11.4. The van der Waals surface area contributed by atoms with Crippen LogP contribution in [0.4, 0.5) is 0 Å². The third kappa shape index (κ3) is 2.62. The predicted octanol–water partition coefficient (Wildman–Crippen LogP) is 2.96. The van der Waals surface area contributed by atoms with Gasteiger partial charge in [0.2, 0.25) is 0 Å². The van der Waals surface area contributed by atoms with Crippen molar-refractivity contribution in [1.29, 1.82) is 0 Å². The van der Waals surface area contributed by atoms with Crippen LogP contribution in [-0.4, -0.2) is 23.3 Å². The maximum absolute atomic E-state index is 11.7. The molecule has 0 radical (unpaired) electrons. The number of hydrogen-bond donors (Lipinski definition) is 1. The molecule has 5 heteroatoms. The lowest BCUT2D eigenvalue weighted by Crippen LogP contribution is -2.47. The van der Waals surface area contributed by atoms with Gasteiger partial charge >= 0.3 is 11.9 Å². The third-order valence-corrected chi connectivity index (χ3v) is 5.85. The molecular weight excluding hydrogens is 308 g/mol. The Kier molecular flexibility index (Phi) is 4.20. The average molecular weight is 330 g/mol. The number of carboxylic acids is 1. The summed E-state index contributed by atoms with van der Waals surface area (Å²) >= 11 is 0. The van der Waals surface area contributed by atoms with Crippen LogP contribution in [0, 0.1) is 17.3 Å². The Bertz CT molecular complexity index is 695. The molecule has 0 unspecified atom stereocenters. The van der Waals surface area contributed by atoms with Gasteiger partial charge in [0.25, 0.3) is 0 Å². The van der Waals surface area contributed by atoms with E-state index in [1.54, 1.807) is 13.0 Å². The second kappa shape index (κ2) is 6.04. The van der Waals surface area contributed by atoms with Gasteiger partial charge in [-0.3, -0.25) is 9.59 Å². The van der Waals surface area contributed by atoms with Gasteiger partial charge in [-0.1, -0.05) is 6.07 Å². The molecule has 0 amide bonds. The SMILES string of the molecule is CC(=O)Oc1ccc2c(c1)CC[C@@H]1[C@@H]2CC[C@@](C)(C(=O)O)[C@H]1C=O. The zero-order valence-corrected chi connectivity index (χ0v) is 14.0. The van der Waals surface area contributed by atoms with Crippen LogP contribution in [0.2, 0.25) is 0 Å². The van der Waals surface area contributed by atoms with E-state index in [2.05, 4.69) is 0 Å². The highest BCUT2D eigenvalue weighted by Crippen LogP contribution is 2.54. The summed E-state index contributed by atoms with van der Waals surface area (Å²) in [4.78, 5) is 34.5. The van der Waals surface area contributed by atoms with Crippen molar-refractivity contribution < 1.29 is 24.2 Å². The Morgan fingerprint density at radius 1 is 1.33 bits per heavy atom. The number of aldehydes is 1. The first-order valence-electron chi connectivity index (χ1n) is 8.36. The number of aryl methyl sites for hydroxylation is 1. The largest absolute Gasteiger partial charge is 0.481 e. The molecule has 0 aliphatic heterocycles. The van der Waals surface area contributed by atoms with Gasteiger partial charge in [-0.15, -0.1) is 0 Å². The molecule has 3 rings (SSSR count). The molecule has 1 saturated carbocycles. The number of hydrogen-bond acceptors (Lipinski definition) is 4. The van der Waals surface area contributed by atoms with Crippen molar-refractivity contribution in [2.75, 3.05) is 0 Å². The minimum absolute atomic E-state index is 0.0597. The number of rotatable bonds is 3. The van der Waals surface area contributed by atoms with Crippen molar-refractivity contribution in [2.45, 2.75) is 45.4 Å².